The average Bonchev–Trinajstić information content (AvgIpc) is 3.37. The third kappa shape index (κ3) is 7.19. The second-order valence-electron chi connectivity index (χ2n) is 7.98. The number of carbonyl (C=O) groups excluding carboxylic acids is 4. The molecule has 0 spiro atoms. The normalized spacial score (nSPS) is 16.8. The Morgan fingerprint density at radius 3 is 2.11 bits per heavy atom. The maximum Gasteiger partial charge on any atom is 0.326 e. The third-order valence-electron chi connectivity index (χ3n) is 5.48. The molecule has 35 heavy (non-hydrogen) atoms. The van der Waals surface area contributed by atoms with E-state index in [-0.39, 0.29) is 16.0 Å². The number of carbonyl (C=O) groups is 5. The van der Waals surface area contributed by atoms with Crippen molar-refractivity contribution in [2.75, 3.05) is 12.3 Å². The number of thioether (sulfide) groups is 2. The molecule has 2 N–H and O–H groups in total. The minimum Gasteiger partial charge on any atom is -0.480 e. The number of hydrogen-bond acceptors (Lipinski definition) is 7. The summed E-state index contributed by atoms with van der Waals surface area (Å²) in [6.45, 7) is 1.79. The van der Waals surface area contributed by atoms with Crippen molar-refractivity contribution in [2.45, 2.75) is 37.1 Å². The van der Waals surface area contributed by atoms with Gasteiger partial charge in [-0.05, 0) is 19.8 Å². The smallest absolute Gasteiger partial charge is 0.326 e. The zero-order valence-corrected chi connectivity index (χ0v) is 20.7. The molecule has 184 valence electrons. The van der Waals surface area contributed by atoms with Crippen molar-refractivity contribution >= 4 is 51.5 Å². The zero-order chi connectivity index (χ0) is 25.4. The van der Waals surface area contributed by atoms with E-state index in [4.69, 9.17) is 0 Å². The van der Waals surface area contributed by atoms with Crippen LogP contribution in [0.15, 0.2) is 60.7 Å². The minimum atomic E-state index is -1.08. The summed E-state index contributed by atoms with van der Waals surface area (Å²) >= 11 is 1.71. The van der Waals surface area contributed by atoms with Crippen LogP contribution in [-0.4, -0.2) is 67.7 Å². The Hall–Kier alpha value is -3.11. The Balaban J connectivity index is 1.69. The molecule has 1 aliphatic rings. The Kier molecular flexibility index (Phi) is 9.50. The molecular weight excluding hydrogens is 488 g/mol. The van der Waals surface area contributed by atoms with Crippen LogP contribution in [0.25, 0.3) is 0 Å². The molecule has 0 saturated carbocycles. The summed E-state index contributed by atoms with van der Waals surface area (Å²) in [5.41, 5.74) is 0.897. The van der Waals surface area contributed by atoms with E-state index in [1.165, 1.54) is 11.8 Å². The number of benzene rings is 2. The van der Waals surface area contributed by atoms with Crippen molar-refractivity contribution in [1.29, 1.82) is 0 Å². The first kappa shape index (κ1) is 26.5. The lowest BCUT2D eigenvalue weighted by Gasteiger charge is -2.26. The predicted molar refractivity (Wildman–Crippen MR) is 135 cm³/mol. The monoisotopic (exact) mass is 514 g/mol. The van der Waals surface area contributed by atoms with Crippen LogP contribution in [0.3, 0.4) is 0 Å². The summed E-state index contributed by atoms with van der Waals surface area (Å²) in [4.78, 5) is 64.0. The number of carboxylic acid groups (broad SMARTS) is 1. The largest absolute Gasteiger partial charge is 0.480 e. The van der Waals surface area contributed by atoms with Gasteiger partial charge in [-0.15, -0.1) is 0 Å². The highest BCUT2D eigenvalue weighted by atomic mass is 32.2. The lowest BCUT2D eigenvalue weighted by Crippen LogP contribution is -2.52. The first-order valence-corrected chi connectivity index (χ1v) is 13.0. The lowest BCUT2D eigenvalue weighted by atomic mass is 10.2. The number of carboxylic acids is 1. The Labute approximate surface area is 211 Å². The molecule has 1 aliphatic heterocycles. The molecule has 0 bridgehead atoms. The van der Waals surface area contributed by atoms with Crippen LogP contribution >= 0.6 is 23.5 Å². The summed E-state index contributed by atoms with van der Waals surface area (Å²) < 4.78 is 0. The van der Waals surface area contributed by atoms with Gasteiger partial charge in [0.05, 0.1) is 0 Å². The molecule has 1 heterocycles. The second-order valence-corrected chi connectivity index (χ2v) is 10.2. The highest BCUT2D eigenvalue weighted by Gasteiger charge is 2.37. The van der Waals surface area contributed by atoms with Gasteiger partial charge >= 0.3 is 5.97 Å². The summed E-state index contributed by atoms with van der Waals surface area (Å²) in [6.07, 6.45) is 0.940. The number of rotatable bonds is 9. The molecular formula is C25H26N2O6S2. The fourth-order valence-electron chi connectivity index (χ4n) is 3.65. The van der Waals surface area contributed by atoms with Crippen LogP contribution in [0, 0.1) is 0 Å². The van der Waals surface area contributed by atoms with Crippen molar-refractivity contribution in [2.24, 2.45) is 0 Å². The predicted octanol–water partition coefficient (Wildman–Crippen LogP) is 3.08. The Morgan fingerprint density at radius 1 is 0.971 bits per heavy atom. The van der Waals surface area contributed by atoms with Gasteiger partial charge in [-0.25, -0.2) is 4.79 Å². The molecule has 8 nitrogen and oxygen atoms in total. The summed E-state index contributed by atoms with van der Waals surface area (Å²) in [7, 11) is 0. The number of hydrogen-bond donors (Lipinski definition) is 2. The molecule has 2 amide bonds. The van der Waals surface area contributed by atoms with Crippen LogP contribution in [0.2, 0.25) is 0 Å². The molecule has 2 aromatic rings. The first-order valence-electron chi connectivity index (χ1n) is 11.1. The quantitative estimate of drug-likeness (QED) is 0.524. The van der Waals surface area contributed by atoms with Crippen LogP contribution in [-0.2, 0) is 14.4 Å². The number of nitrogens with zero attached hydrogens (tertiary/aromatic N) is 1. The van der Waals surface area contributed by atoms with E-state index < -0.39 is 35.1 Å². The fraction of sp³-hybridized carbons (Fsp3) is 0.320. The summed E-state index contributed by atoms with van der Waals surface area (Å²) in [6, 6.07) is 15.2. The van der Waals surface area contributed by atoms with Gasteiger partial charge in [0, 0.05) is 23.4 Å². The van der Waals surface area contributed by atoms with Gasteiger partial charge in [0.1, 0.15) is 17.3 Å². The van der Waals surface area contributed by atoms with Gasteiger partial charge in [-0.2, -0.15) is 0 Å². The maximum atomic E-state index is 13.1. The lowest BCUT2D eigenvalue weighted by molar-refractivity contribution is -0.149. The van der Waals surface area contributed by atoms with E-state index in [1.54, 1.807) is 60.7 Å². The van der Waals surface area contributed by atoms with Crippen molar-refractivity contribution in [3.8, 4) is 0 Å². The van der Waals surface area contributed by atoms with Crippen molar-refractivity contribution in [1.82, 2.24) is 10.2 Å². The SMILES string of the molecule is C[C@H](NC(=O)[C@@H](CSC(=O)c1ccccc1)SC(=O)c1ccccc1)C(=O)N1CCC[C@H]1C(=O)O. The summed E-state index contributed by atoms with van der Waals surface area (Å²) in [5.74, 6) is -2.12. The molecule has 3 rings (SSSR count). The van der Waals surface area contributed by atoms with Crippen LogP contribution in [0.1, 0.15) is 40.5 Å². The second kappa shape index (κ2) is 12.6. The van der Waals surface area contributed by atoms with E-state index in [0.29, 0.717) is 30.5 Å². The molecule has 10 heteroatoms. The fourth-order valence-corrected chi connectivity index (χ4v) is 5.59. The number of amides is 2. The van der Waals surface area contributed by atoms with E-state index in [0.717, 1.165) is 23.5 Å². The van der Waals surface area contributed by atoms with Gasteiger partial charge < -0.3 is 15.3 Å². The highest BCUT2D eigenvalue weighted by molar-refractivity contribution is 8.18. The Morgan fingerprint density at radius 2 is 1.54 bits per heavy atom. The van der Waals surface area contributed by atoms with Gasteiger partial charge in [0.25, 0.3) is 0 Å². The molecule has 0 unspecified atom stereocenters. The topological polar surface area (TPSA) is 121 Å². The van der Waals surface area contributed by atoms with E-state index in [2.05, 4.69) is 5.32 Å². The van der Waals surface area contributed by atoms with Crippen molar-refractivity contribution in [3.05, 3.63) is 71.8 Å². The minimum absolute atomic E-state index is 0.0190. The van der Waals surface area contributed by atoms with Crippen molar-refractivity contribution < 1.29 is 29.1 Å². The highest BCUT2D eigenvalue weighted by Crippen LogP contribution is 2.24. The molecule has 1 fully saturated rings. The maximum absolute atomic E-state index is 13.1. The third-order valence-corrected chi connectivity index (χ3v) is 7.80. The molecule has 2 aromatic carbocycles. The van der Waals surface area contributed by atoms with E-state index in [9.17, 15) is 29.1 Å². The van der Waals surface area contributed by atoms with Crippen LogP contribution < -0.4 is 5.32 Å². The van der Waals surface area contributed by atoms with Gasteiger partial charge in [0.15, 0.2) is 0 Å². The molecule has 3 atom stereocenters. The zero-order valence-electron chi connectivity index (χ0n) is 19.1. The Bertz CT molecular complexity index is 1080. The van der Waals surface area contributed by atoms with E-state index in [1.807, 2.05) is 0 Å². The molecule has 0 aromatic heterocycles. The molecule has 1 saturated heterocycles. The molecule has 0 aliphatic carbocycles. The number of likely N-dealkylation sites (tertiary alicyclic amines) is 1. The van der Waals surface area contributed by atoms with Crippen LogP contribution in [0.4, 0.5) is 0 Å². The average molecular weight is 515 g/mol. The van der Waals surface area contributed by atoms with Crippen molar-refractivity contribution in [3.63, 3.8) is 0 Å². The number of aliphatic carboxylic acids is 1. The standard InChI is InChI=1S/C25H26N2O6S2/c1-16(22(29)27-14-8-13-19(27)23(30)31)26-21(28)20(35-25(33)18-11-6-3-7-12-18)15-34-24(32)17-9-4-2-5-10-17/h2-7,9-12,16,19-20H,8,13-15H2,1H3,(H,26,28)(H,30,31)/t16-,19-,20+/m0/s1. The first-order chi connectivity index (χ1) is 16.8. The van der Waals surface area contributed by atoms with Crippen LogP contribution in [0.5, 0.6) is 0 Å². The van der Waals surface area contributed by atoms with Gasteiger partial charge in [-0.1, -0.05) is 84.2 Å². The van der Waals surface area contributed by atoms with Gasteiger partial charge in [-0.3, -0.25) is 19.2 Å². The van der Waals surface area contributed by atoms with E-state index >= 15 is 0 Å². The molecule has 0 radical (unpaired) electrons. The van der Waals surface area contributed by atoms with Gasteiger partial charge in [0.2, 0.25) is 22.0 Å². The summed E-state index contributed by atoms with van der Waals surface area (Å²) in [5, 5.41) is 10.5. The number of nitrogens with one attached hydrogen (secondary N) is 1.